The van der Waals surface area contributed by atoms with E-state index < -0.39 is 6.10 Å². The van der Waals surface area contributed by atoms with Gasteiger partial charge in [0.15, 0.2) is 6.10 Å². The molecule has 6 nitrogen and oxygen atoms in total. The lowest BCUT2D eigenvalue weighted by Gasteiger charge is -2.18. The van der Waals surface area contributed by atoms with E-state index >= 15 is 0 Å². The van der Waals surface area contributed by atoms with Crippen LogP contribution in [0.1, 0.15) is 226 Å². The van der Waals surface area contributed by atoms with Crippen LogP contribution < -0.4 is 0 Å². The Balaban J connectivity index is 4.49. The second-order valence-corrected chi connectivity index (χ2v) is 17.2. The number of carbonyl (C=O) groups is 3. The average Bonchev–Trinajstić information content (AvgIpc) is 3.30. The lowest BCUT2D eigenvalue weighted by Crippen LogP contribution is -2.30. The Kier molecular flexibility index (Phi) is 49.5. The zero-order valence-electron chi connectivity index (χ0n) is 42.0. The van der Waals surface area contributed by atoms with E-state index in [0.29, 0.717) is 19.3 Å². The summed E-state index contributed by atoms with van der Waals surface area (Å²) in [6, 6.07) is 0. The molecule has 0 aromatic heterocycles. The van der Waals surface area contributed by atoms with E-state index in [-0.39, 0.29) is 31.1 Å². The van der Waals surface area contributed by atoms with Crippen LogP contribution in [-0.2, 0) is 28.6 Å². The molecule has 0 rings (SSSR count). The summed E-state index contributed by atoms with van der Waals surface area (Å²) in [5, 5.41) is 0. The third-order valence-electron chi connectivity index (χ3n) is 10.9. The Morgan fingerprint density at radius 1 is 0.338 bits per heavy atom. The van der Waals surface area contributed by atoms with Crippen molar-refractivity contribution in [3.8, 4) is 0 Å². The molecular formula is C59H96O6. The number of esters is 3. The topological polar surface area (TPSA) is 78.9 Å². The van der Waals surface area contributed by atoms with Gasteiger partial charge in [0.1, 0.15) is 13.2 Å². The first-order chi connectivity index (χ1) is 32.0. The van der Waals surface area contributed by atoms with Crippen LogP contribution in [0.4, 0.5) is 0 Å². The molecule has 0 aromatic rings. The minimum Gasteiger partial charge on any atom is -0.462 e. The fourth-order valence-corrected chi connectivity index (χ4v) is 6.91. The highest BCUT2D eigenvalue weighted by Crippen LogP contribution is 2.14. The molecule has 0 radical (unpaired) electrons. The van der Waals surface area contributed by atoms with Gasteiger partial charge in [-0.3, -0.25) is 14.4 Å². The van der Waals surface area contributed by atoms with Crippen LogP contribution >= 0.6 is 0 Å². The predicted octanol–water partition coefficient (Wildman–Crippen LogP) is 17.5. The van der Waals surface area contributed by atoms with E-state index in [4.69, 9.17) is 14.2 Å². The number of carbonyl (C=O) groups excluding carboxylic acids is 3. The zero-order valence-corrected chi connectivity index (χ0v) is 42.0. The highest BCUT2D eigenvalue weighted by Gasteiger charge is 2.19. The molecule has 65 heavy (non-hydrogen) atoms. The summed E-state index contributed by atoms with van der Waals surface area (Å²) in [6.45, 7) is 6.37. The molecule has 0 amide bonds. The highest BCUT2D eigenvalue weighted by molar-refractivity contribution is 5.71. The maximum absolute atomic E-state index is 12.8. The van der Waals surface area contributed by atoms with Gasteiger partial charge in [-0.1, -0.05) is 226 Å². The number of rotatable bonds is 46. The van der Waals surface area contributed by atoms with Gasteiger partial charge in [0, 0.05) is 19.3 Å². The van der Waals surface area contributed by atoms with E-state index in [1.54, 1.807) is 0 Å². The Labute approximate surface area is 400 Å². The summed E-state index contributed by atoms with van der Waals surface area (Å²) >= 11 is 0. The molecule has 6 heteroatoms. The van der Waals surface area contributed by atoms with Crippen molar-refractivity contribution < 1.29 is 28.6 Å². The summed E-state index contributed by atoms with van der Waals surface area (Å²) in [4.78, 5) is 38.0. The van der Waals surface area contributed by atoms with Crippen molar-refractivity contribution in [3.05, 3.63) is 109 Å². The quantitative estimate of drug-likeness (QED) is 0.0199. The van der Waals surface area contributed by atoms with E-state index in [9.17, 15) is 14.4 Å². The van der Waals surface area contributed by atoms with Crippen LogP contribution in [0.25, 0.3) is 0 Å². The normalized spacial score (nSPS) is 13.0. The molecule has 0 spiro atoms. The third kappa shape index (κ3) is 50.9. The van der Waals surface area contributed by atoms with E-state index in [2.05, 4.69) is 106 Å². The highest BCUT2D eigenvalue weighted by atomic mass is 16.6. The number of hydrogen-bond acceptors (Lipinski definition) is 6. The SMILES string of the molecule is CC/C=C\C/C=C\CCCCCCCCCC(=O)OCC(COC(=O)CCCCCCC\C=C/C=C\C=C/C=C\C=C/CCC)OC(=O)CCCCCCCC/C=C\C=C/CCCCC. The Morgan fingerprint density at radius 3 is 1.14 bits per heavy atom. The zero-order chi connectivity index (χ0) is 47.2. The van der Waals surface area contributed by atoms with Gasteiger partial charge in [-0.15, -0.1) is 0 Å². The third-order valence-corrected chi connectivity index (χ3v) is 10.9. The molecule has 0 N–H and O–H groups in total. The minimum absolute atomic E-state index is 0.0976. The van der Waals surface area contributed by atoms with Crippen LogP contribution in [0.3, 0.4) is 0 Å². The lowest BCUT2D eigenvalue weighted by molar-refractivity contribution is -0.167. The van der Waals surface area contributed by atoms with Crippen LogP contribution in [0, 0.1) is 0 Å². The maximum atomic E-state index is 12.8. The molecule has 0 heterocycles. The number of hydrogen-bond donors (Lipinski definition) is 0. The first-order valence-corrected chi connectivity index (χ1v) is 26.5. The number of ether oxygens (including phenoxy) is 3. The second-order valence-electron chi connectivity index (χ2n) is 17.2. The van der Waals surface area contributed by atoms with Gasteiger partial charge in [0.2, 0.25) is 0 Å². The Morgan fingerprint density at radius 2 is 0.692 bits per heavy atom. The van der Waals surface area contributed by atoms with Crippen LogP contribution in [0.2, 0.25) is 0 Å². The standard InChI is InChI=1S/C59H96O6/c1-4-7-10-13-16-19-22-25-28-29-30-32-34-37-40-43-46-49-52-58(61)64-55-56(54-63-57(60)51-48-45-42-39-36-33-27-24-21-18-15-12-9-6-3)65-59(62)53-50-47-44-41-38-35-31-26-23-20-17-14-11-8-5-2/h9-10,12-13,16-23,25-26,28-30,32,56H,4-8,11,14-15,24,27,31,33-55H2,1-3H3/b12-9-,13-10-,19-16-,20-17-,21-18-,25-22-,26-23-,29-28-,32-30-. The fraction of sp³-hybridized carbons (Fsp3) is 0.644. The predicted molar refractivity (Wildman–Crippen MR) is 279 cm³/mol. The summed E-state index contributed by atoms with van der Waals surface area (Å²) < 4.78 is 16.8. The summed E-state index contributed by atoms with van der Waals surface area (Å²) in [6.07, 6.45) is 70.6. The van der Waals surface area contributed by atoms with Crippen LogP contribution in [0.5, 0.6) is 0 Å². The van der Waals surface area contributed by atoms with Gasteiger partial charge in [-0.2, -0.15) is 0 Å². The summed E-state index contributed by atoms with van der Waals surface area (Å²) in [7, 11) is 0. The van der Waals surface area contributed by atoms with Gasteiger partial charge in [-0.05, 0) is 89.9 Å². The summed E-state index contributed by atoms with van der Waals surface area (Å²) in [5.41, 5.74) is 0. The molecule has 0 aliphatic carbocycles. The number of unbranched alkanes of at least 4 members (excludes halogenated alkanes) is 22. The smallest absolute Gasteiger partial charge is 0.306 e. The van der Waals surface area contributed by atoms with Gasteiger partial charge < -0.3 is 14.2 Å². The van der Waals surface area contributed by atoms with E-state index in [1.807, 2.05) is 24.3 Å². The van der Waals surface area contributed by atoms with Gasteiger partial charge in [-0.25, -0.2) is 0 Å². The van der Waals surface area contributed by atoms with Crippen LogP contribution in [-0.4, -0.2) is 37.2 Å². The molecule has 0 fully saturated rings. The van der Waals surface area contributed by atoms with Crippen molar-refractivity contribution >= 4 is 17.9 Å². The first-order valence-electron chi connectivity index (χ1n) is 26.5. The van der Waals surface area contributed by atoms with Crippen LogP contribution in [0.15, 0.2) is 109 Å². The van der Waals surface area contributed by atoms with Crippen molar-refractivity contribution in [2.45, 2.75) is 232 Å². The van der Waals surface area contributed by atoms with Gasteiger partial charge >= 0.3 is 17.9 Å². The fourth-order valence-electron chi connectivity index (χ4n) is 6.91. The van der Waals surface area contributed by atoms with Crippen molar-refractivity contribution in [1.82, 2.24) is 0 Å². The van der Waals surface area contributed by atoms with Crippen molar-refractivity contribution in [3.63, 3.8) is 0 Å². The Hall–Kier alpha value is -3.93. The van der Waals surface area contributed by atoms with Crippen molar-refractivity contribution in [1.29, 1.82) is 0 Å². The van der Waals surface area contributed by atoms with Crippen molar-refractivity contribution in [2.24, 2.45) is 0 Å². The molecule has 0 aliphatic rings. The molecule has 0 bridgehead atoms. The Bertz CT molecular complexity index is 1360. The van der Waals surface area contributed by atoms with E-state index in [0.717, 1.165) is 116 Å². The van der Waals surface area contributed by atoms with Gasteiger partial charge in [0.25, 0.3) is 0 Å². The average molecular weight is 901 g/mol. The molecule has 1 atom stereocenters. The van der Waals surface area contributed by atoms with Gasteiger partial charge in [0.05, 0.1) is 0 Å². The van der Waals surface area contributed by atoms with E-state index in [1.165, 1.54) is 70.6 Å². The molecule has 0 aliphatic heterocycles. The lowest BCUT2D eigenvalue weighted by atomic mass is 10.1. The minimum atomic E-state index is -0.800. The molecule has 0 saturated carbocycles. The molecule has 0 aromatic carbocycles. The molecule has 0 saturated heterocycles. The summed E-state index contributed by atoms with van der Waals surface area (Å²) in [5.74, 6) is -0.946. The van der Waals surface area contributed by atoms with Crippen molar-refractivity contribution in [2.75, 3.05) is 13.2 Å². The second kappa shape index (κ2) is 52.7. The largest absolute Gasteiger partial charge is 0.462 e. The maximum Gasteiger partial charge on any atom is 0.306 e. The molecule has 368 valence electrons. The first kappa shape index (κ1) is 61.1. The monoisotopic (exact) mass is 901 g/mol. The molecule has 1 unspecified atom stereocenters. The number of allylic oxidation sites excluding steroid dienone is 18. The molecular weight excluding hydrogens is 805 g/mol.